The molecule has 0 amide bonds. The molecule has 0 saturated carbocycles. The van der Waals surface area contributed by atoms with Crippen molar-refractivity contribution in [1.29, 1.82) is 0 Å². The Hall–Kier alpha value is -1.19. The minimum atomic E-state index is -4.63. The molecule has 0 spiro atoms. The molecule has 0 aliphatic heterocycles. The lowest BCUT2D eigenvalue weighted by Crippen LogP contribution is -2.18. The molecule has 0 aromatic heterocycles. The van der Waals surface area contributed by atoms with Crippen LogP contribution in [-0.4, -0.2) is 6.36 Å². The monoisotopic (exact) mass is 217 g/mol. The summed E-state index contributed by atoms with van der Waals surface area (Å²) >= 11 is 0. The summed E-state index contributed by atoms with van der Waals surface area (Å²) in [5.41, 5.74) is 1.22. The Labute approximate surface area is 86.9 Å². The Morgan fingerprint density at radius 2 is 1.80 bits per heavy atom. The highest BCUT2D eigenvalue weighted by molar-refractivity contribution is 5.41. The topological polar surface area (TPSA) is 9.23 Å². The van der Waals surface area contributed by atoms with Crippen LogP contribution in [0.5, 0.6) is 5.75 Å². The van der Waals surface area contributed by atoms with Crippen molar-refractivity contribution in [1.82, 2.24) is 0 Å². The normalized spacial score (nSPS) is 11.9. The number of hydrogen-bond acceptors (Lipinski definition) is 1. The zero-order chi connectivity index (χ0) is 11.6. The molecular weight excluding hydrogens is 205 g/mol. The predicted octanol–water partition coefficient (Wildman–Crippen LogP) is 3.86. The molecule has 0 saturated heterocycles. The Bertz CT molecular complexity index is 342. The lowest BCUT2D eigenvalue weighted by molar-refractivity contribution is -0.274. The molecule has 0 heterocycles. The van der Waals surface area contributed by atoms with Gasteiger partial charge in [-0.2, -0.15) is 0 Å². The highest BCUT2D eigenvalue weighted by atomic mass is 19.4. The van der Waals surface area contributed by atoms with Crippen LogP contribution in [0.1, 0.15) is 25.0 Å². The minimum Gasteiger partial charge on any atom is -0.406 e. The van der Waals surface area contributed by atoms with Gasteiger partial charge >= 0.3 is 6.36 Å². The number of alkyl halides is 3. The number of rotatable bonds is 2. The van der Waals surface area contributed by atoms with Gasteiger partial charge in [-0.15, -0.1) is 13.2 Å². The maximum Gasteiger partial charge on any atom is 0.573 e. The van der Waals surface area contributed by atoms with Crippen molar-refractivity contribution >= 4 is 0 Å². The van der Waals surface area contributed by atoms with E-state index < -0.39 is 6.36 Å². The van der Waals surface area contributed by atoms with Gasteiger partial charge in [-0.3, -0.25) is 0 Å². The highest BCUT2D eigenvalue weighted by Gasteiger charge is 2.31. The van der Waals surface area contributed by atoms with E-state index >= 15 is 0 Å². The molecule has 0 fully saturated rings. The molecule has 0 atom stereocenters. The van der Waals surface area contributed by atoms with Gasteiger partial charge in [0.15, 0.2) is 0 Å². The van der Waals surface area contributed by atoms with E-state index in [9.17, 15) is 13.2 Å². The van der Waals surface area contributed by atoms with Gasteiger partial charge < -0.3 is 4.74 Å². The van der Waals surface area contributed by atoms with Crippen molar-refractivity contribution in [3.05, 3.63) is 35.2 Å². The van der Waals surface area contributed by atoms with Crippen LogP contribution in [-0.2, 0) is 0 Å². The molecule has 4 heteroatoms. The van der Waals surface area contributed by atoms with Crippen LogP contribution >= 0.6 is 0 Å². The van der Waals surface area contributed by atoms with Gasteiger partial charge in [0, 0.05) is 0 Å². The fourth-order valence-corrected chi connectivity index (χ4v) is 1.15. The fraction of sp³-hybridized carbons (Fsp3) is 0.364. The SMILES string of the molecule is C[C](C)c1ccc(C)c(OC(F)(F)F)c1. The van der Waals surface area contributed by atoms with Crippen molar-refractivity contribution in [2.45, 2.75) is 27.1 Å². The first kappa shape index (κ1) is 11.9. The summed E-state index contributed by atoms with van der Waals surface area (Å²) in [7, 11) is 0. The van der Waals surface area contributed by atoms with Crippen LogP contribution < -0.4 is 4.74 Å². The molecule has 0 aliphatic carbocycles. The second-order valence-corrected chi connectivity index (χ2v) is 3.53. The van der Waals surface area contributed by atoms with E-state index in [2.05, 4.69) is 4.74 Å². The van der Waals surface area contributed by atoms with Gasteiger partial charge in [0.1, 0.15) is 5.75 Å². The van der Waals surface area contributed by atoms with Crippen LogP contribution in [0.2, 0.25) is 0 Å². The second-order valence-electron chi connectivity index (χ2n) is 3.53. The third kappa shape index (κ3) is 3.46. The predicted molar refractivity (Wildman–Crippen MR) is 51.6 cm³/mol. The molecule has 1 nitrogen and oxygen atoms in total. The van der Waals surface area contributed by atoms with Crippen LogP contribution in [0, 0.1) is 12.8 Å². The van der Waals surface area contributed by atoms with Crippen LogP contribution in [0.25, 0.3) is 0 Å². The van der Waals surface area contributed by atoms with E-state index in [1.807, 2.05) is 13.8 Å². The zero-order valence-electron chi connectivity index (χ0n) is 8.77. The smallest absolute Gasteiger partial charge is 0.406 e. The molecule has 0 unspecified atom stereocenters. The number of hydrogen-bond donors (Lipinski definition) is 0. The average Bonchev–Trinajstić information content (AvgIpc) is 2.06. The van der Waals surface area contributed by atoms with E-state index in [1.165, 1.54) is 6.07 Å². The number of aryl methyl sites for hydroxylation is 1. The van der Waals surface area contributed by atoms with Crippen molar-refractivity contribution in [3.63, 3.8) is 0 Å². The second kappa shape index (κ2) is 4.13. The molecule has 0 aliphatic rings. The van der Waals surface area contributed by atoms with Gasteiger partial charge in [0.2, 0.25) is 0 Å². The van der Waals surface area contributed by atoms with Crippen LogP contribution in [0.3, 0.4) is 0 Å². The molecule has 0 bridgehead atoms. The first-order chi connectivity index (χ1) is 6.79. The Kier molecular flexibility index (Phi) is 3.27. The maximum absolute atomic E-state index is 12.0. The zero-order valence-corrected chi connectivity index (χ0v) is 8.77. The number of ether oxygens (including phenoxy) is 1. The summed E-state index contributed by atoms with van der Waals surface area (Å²) in [5, 5.41) is 0. The van der Waals surface area contributed by atoms with Gasteiger partial charge in [-0.25, -0.2) is 0 Å². The molecule has 1 radical (unpaired) electrons. The summed E-state index contributed by atoms with van der Waals surface area (Å²) in [6, 6.07) is 4.79. The van der Waals surface area contributed by atoms with Crippen LogP contribution in [0.15, 0.2) is 18.2 Å². The molecular formula is C11H12F3O. The fourth-order valence-electron chi connectivity index (χ4n) is 1.15. The summed E-state index contributed by atoms with van der Waals surface area (Å²) < 4.78 is 40.0. The van der Waals surface area contributed by atoms with E-state index in [0.717, 1.165) is 11.5 Å². The molecule has 1 aromatic rings. The number of benzene rings is 1. The highest BCUT2D eigenvalue weighted by Crippen LogP contribution is 2.28. The van der Waals surface area contributed by atoms with Crippen LogP contribution in [0.4, 0.5) is 13.2 Å². The van der Waals surface area contributed by atoms with Gasteiger partial charge in [-0.05, 0) is 30.0 Å². The van der Waals surface area contributed by atoms with Crippen molar-refractivity contribution in [2.75, 3.05) is 0 Å². The van der Waals surface area contributed by atoms with Gasteiger partial charge in [0.25, 0.3) is 0 Å². The summed E-state index contributed by atoms with van der Waals surface area (Å²) in [6.07, 6.45) is -4.63. The van der Waals surface area contributed by atoms with E-state index in [-0.39, 0.29) is 5.75 Å². The Morgan fingerprint density at radius 1 is 1.20 bits per heavy atom. The number of halogens is 3. The first-order valence-corrected chi connectivity index (χ1v) is 4.46. The average molecular weight is 217 g/mol. The molecule has 1 aromatic carbocycles. The van der Waals surface area contributed by atoms with Gasteiger partial charge in [0.05, 0.1) is 0 Å². The molecule has 1 rings (SSSR count). The van der Waals surface area contributed by atoms with Crippen molar-refractivity contribution in [2.24, 2.45) is 0 Å². The Balaban J connectivity index is 3.01. The molecule has 15 heavy (non-hydrogen) atoms. The molecule has 83 valence electrons. The maximum atomic E-state index is 12.0. The summed E-state index contributed by atoms with van der Waals surface area (Å²) in [6.45, 7) is 5.25. The first-order valence-electron chi connectivity index (χ1n) is 4.46. The van der Waals surface area contributed by atoms with E-state index in [1.54, 1.807) is 19.1 Å². The Morgan fingerprint density at radius 3 is 2.27 bits per heavy atom. The van der Waals surface area contributed by atoms with Gasteiger partial charge in [-0.1, -0.05) is 26.0 Å². The lowest BCUT2D eigenvalue weighted by Gasteiger charge is -2.13. The summed E-state index contributed by atoms with van der Waals surface area (Å²) in [5.74, 6) is 0.809. The van der Waals surface area contributed by atoms with E-state index in [0.29, 0.717) is 5.56 Å². The minimum absolute atomic E-state index is 0.138. The van der Waals surface area contributed by atoms with Crippen molar-refractivity contribution in [3.8, 4) is 5.75 Å². The lowest BCUT2D eigenvalue weighted by atomic mass is 10.0. The van der Waals surface area contributed by atoms with E-state index in [4.69, 9.17) is 0 Å². The third-order valence-electron chi connectivity index (χ3n) is 1.99. The standard InChI is InChI=1S/C11H12F3O/c1-7(2)9-5-4-8(3)10(6-9)15-11(12,13)14/h4-6H,1-3H3. The summed E-state index contributed by atoms with van der Waals surface area (Å²) in [4.78, 5) is 0. The van der Waals surface area contributed by atoms with Crippen molar-refractivity contribution < 1.29 is 17.9 Å². The molecule has 0 N–H and O–H groups in total. The third-order valence-corrected chi connectivity index (χ3v) is 1.99. The quantitative estimate of drug-likeness (QED) is 0.731. The largest absolute Gasteiger partial charge is 0.573 e.